The van der Waals surface area contributed by atoms with E-state index in [9.17, 15) is 4.79 Å². The van der Waals surface area contributed by atoms with E-state index in [0.29, 0.717) is 6.61 Å². The first-order chi connectivity index (χ1) is 13.2. The van der Waals surface area contributed by atoms with Crippen LogP contribution >= 0.6 is 0 Å². The average Bonchev–Trinajstić information content (AvgIpc) is 3.16. The molecule has 1 aromatic heterocycles. The summed E-state index contributed by atoms with van der Waals surface area (Å²) < 4.78 is 17.4. The van der Waals surface area contributed by atoms with E-state index < -0.39 is 6.10 Å². The molecule has 2 fully saturated rings. The Morgan fingerprint density at radius 3 is 2.81 bits per heavy atom. The first kappa shape index (κ1) is 18.4. The summed E-state index contributed by atoms with van der Waals surface area (Å²) in [6.07, 6.45) is 4.79. The minimum Gasteiger partial charge on any atom is -0.440 e. The van der Waals surface area contributed by atoms with Gasteiger partial charge in [0.05, 0.1) is 12.7 Å². The van der Waals surface area contributed by atoms with Crippen molar-refractivity contribution >= 4 is 17.0 Å². The Hall–Kier alpha value is -1.92. The number of hydrogen-bond acceptors (Lipinski definition) is 5. The number of rotatable bonds is 5. The maximum Gasteiger partial charge on any atom is 0.251 e. The molecule has 0 radical (unpaired) electrons. The number of para-hydroxylation sites is 2. The predicted molar refractivity (Wildman–Crippen MR) is 102 cm³/mol. The van der Waals surface area contributed by atoms with Gasteiger partial charge in [0.15, 0.2) is 11.5 Å². The monoisotopic (exact) mass is 372 g/mol. The fourth-order valence-corrected chi connectivity index (χ4v) is 3.93. The lowest BCUT2D eigenvalue weighted by atomic mass is 9.96. The van der Waals surface area contributed by atoms with Crippen LogP contribution in [0.5, 0.6) is 0 Å². The van der Waals surface area contributed by atoms with Crippen LogP contribution in [0.25, 0.3) is 11.1 Å². The lowest BCUT2D eigenvalue weighted by Crippen LogP contribution is -2.44. The van der Waals surface area contributed by atoms with Crippen molar-refractivity contribution in [2.24, 2.45) is 0 Å². The summed E-state index contributed by atoms with van der Waals surface area (Å²) in [6.45, 7) is 4.59. The second kappa shape index (κ2) is 8.40. The average molecular weight is 372 g/mol. The van der Waals surface area contributed by atoms with Crippen molar-refractivity contribution in [1.82, 2.24) is 9.88 Å². The van der Waals surface area contributed by atoms with Gasteiger partial charge in [-0.15, -0.1) is 0 Å². The lowest BCUT2D eigenvalue weighted by Gasteiger charge is -2.32. The number of benzene rings is 1. The summed E-state index contributed by atoms with van der Waals surface area (Å²) in [5.74, 6) is 1.14. The number of amides is 1. The molecule has 2 aromatic rings. The lowest BCUT2D eigenvalue weighted by molar-refractivity contribution is -0.147. The smallest absolute Gasteiger partial charge is 0.251 e. The summed E-state index contributed by atoms with van der Waals surface area (Å²) in [5.41, 5.74) is 1.73. The highest BCUT2D eigenvalue weighted by Gasteiger charge is 2.30. The Kier molecular flexibility index (Phi) is 5.74. The Bertz CT molecular complexity index is 727. The largest absolute Gasteiger partial charge is 0.440 e. The molecule has 0 N–H and O–H groups in total. The van der Waals surface area contributed by atoms with Crippen molar-refractivity contribution in [1.29, 1.82) is 0 Å². The molecule has 2 atom stereocenters. The SMILES string of the molecule is C[C@H](OC[C@@H]1CCCCO1)C(=O)N1CCC(c2nc3ccccc3o2)CC1. The Morgan fingerprint density at radius 2 is 2.07 bits per heavy atom. The Labute approximate surface area is 159 Å². The number of carbonyl (C=O) groups excluding carboxylic acids is 1. The number of carbonyl (C=O) groups is 1. The van der Waals surface area contributed by atoms with E-state index in [1.54, 1.807) is 0 Å². The van der Waals surface area contributed by atoms with Gasteiger partial charge in [0.1, 0.15) is 11.6 Å². The second-order valence-electron chi connectivity index (χ2n) is 7.58. The third kappa shape index (κ3) is 4.33. The number of oxazole rings is 1. The minimum atomic E-state index is -0.420. The first-order valence-corrected chi connectivity index (χ1v) is 10.1. The summed E-state index contributed by atoms with van der Waals surface area (Å²) in [5, 5.41) is 0. The number of nitrogens with zero attached hydrogens (tertiary/aromatic N) is 2. The molecule has 0 unspecified atom stereocenters. The number of fused-ring (bicyclic) bond motifs is 1. The zero-order valence-corrected chi connectivity index (χ0v) is 15.9. The molecule has 1 amide bonds. The molecule has 27 heavy (non-hydrogen) atoms. The number of piperidine rings is 1. The highest BCUT2D eigenvalue weighted by Crippen LogP contribution is 2.30. The normalized spacial score (nSPS) is 22.9. The maximum absolute atomic E-state index is 12.7. The molecule has 2 saturated heterocycles. The fourth-order valence-electron chi connectivity index (χ4n) is 3.93. The van der Waals surface area contributed by atoms with Gasteiger partial charge in [-0.1, -0.05) is 12.1 Å². The molecule has 0 spiro atoms. The van der Waals surface area contributed by atoms with E-state index in [1.165, 1.54) is 6.42 Å². The molecule has 0 aliphatic carbocycles. The van der Waals surface area contributed by atoms with Crippen molar-refractivity contribution in [2.45, 2.75) is 57.2 Å². The standard InChI is InChI=1S/C21H28N2O4/c1-15(26-14-17-6-4-5-13-25-17)21(24)23-11-9-16(10-12-23)20-22-18-7-2-3-8-19(18)27-20/h2-3,7-8,15-17H,4-6,9-14H2,1H3/t15-,17-/m0/s1. The molecule has 2 aliphatic rings. The highest BCUT2D eigenvalue weighted by atomic mass is 16.5. The highest BCUT2D eigenvalue weighted by molar-refractivity contribution is 5.80. The van der Waals surface area contributed by atoms with E-state index in [0.717, 1.165) is 62.4 Å². The number of ether oxygens (including phenoxy) is 2. The molecular formula is C21H28N2O4. The summed E-state index contributed by atoms with van der Waals surface area (Å²) in [6, 6.07) is 7.84. The van der Waals surface area contributed by atoms with Crippen LogP contribution in [0.2, 0.25) is 0 Å². The van der Waals surface area contributed by atoms with Crippen LogP contribution in [0.4, 0.5) is 0 Å². The van der Waals surface area contributed by atoms with Crippen molar-refractivity contribution in [3.63, 3.8) is 0 Å². The van der Waals surface area contributed by atoms with Crippen LogP contribution in [0, 0.1) is 0 Å². The van der Waals surface area contributed by atoms with Crippen molar-refractivity contribution in [3.8, 4) is 0 Å². The quantitative estimate of drug-likeness (QED) is 0.804. The van der Waals surface area contributed by atoms with Crippen molar-refractivity contribution < 1.29 is 18.7 Å². The Balaban J connectivity index is 1.27. The molecular weight excluding hydrogens is 344 g/mol. The summed E-state index contributed by atoms with van der Waals surface area (Å²) in [4.78, 5) is 19.2. The van der Waals surface area contributed by atoms with E-state index in [4.69, 9.17) is 13.9 Å². The van der Waals surface area contributed by atoms with Gasteiger partial charge in [-0.3, -0.25) is 4.79 Å². The van der Waals surface area contributed by atoms with Crippen molar-refractivity contribution in [3.05, 3.63) is 30.2 Å². The van der Waals surface area contributed by atoms with Gasteiger partial charge >= 0.3 is 0 Å². The zero-order chi connectivity index (χ0) is 18.6. The third-order valence-electron chi connectivity index (χ3n) is 5.62. The number of hydrogen-bond donors (Lipinski definition) is 0. The van der Waals surface area contributed by atoms with Gasteiger partial charge in [-0.25, -0.2) is 4.98 Å². The molecule has 2 aliphatic heterocycles. The van der Waals surface area contributed by atoms with Crippen LogP contribution in [0.15, 0.2) is 28.7 Å². The van der Waals surface area contributed by atoms with Gasteiger partial charge in [0.25, 0.3) is 5.91 Å². The van der Waals surface area contributed by atoms with Crippen molar-refractivity contribution in [2.75, 3.05) is 26.3 Å². The van der Waals surface area contributed by atoms with E-state index in [1.807, 2.05) is 36.1 Å². The fraction of sp³-hybridized carbons (Fsp3) is 0.619. The molecule has 0 saturated carbocycles. The van der Waals surface area contributed by atoms with Gasteiger partial charge in [-0.2, -0.15) is 0 Å². The van der Waals surface area contributed by atoms with E-state index >= 15 is 0 Å². The Morgan fingerprint density at radius 1 is 1.26 bits per heavy atom. The topological polar surface area (TPSA) is 64.8 Å². The first-order valence-electron chi connectivity index (χ1n) is 10.1. The van der Waals surface area contributed by atoms with E-state index in [-0.39, 0.29) is 17.9 Å². The maximum atomic E-state index is 12.7. The summed E-state index contributed by atoms with van der Waals surface area (Å²) in [7, 11) is 0. The molecule has 0 bridgehead atoms. The van der Waals surface area contributed by atoms with Gasteiger partial charge < -0.3 is 18.8 Å². The number of aromatic nitrogens is 1. The molecule has 6 nitrogen and oxygen atoms in total. The van der Waals surface area contributed by atoms with Crippen LogP contribution in [0.1, 0.15) is 50.8 Å². The molecule has 6 heteroatoms. The molecule has 146 valence electrons. The van der Waals surface area contributed by atoms with Crippen LogP contribution in [-0.4, -0.2) is 54.3 Å². The van der Waals surface area contributed by atoms with Gasteiger partial charge in [-0.05, 0) is 51.2 Å². The van der Waals surface area contributed by atoms with Crippen LogP contribution in [-0.2, 0) is 14.3 Å². The third-order valence-corrected chi connectivity index (χ3v) is 5.62. The molecule has 1 aromatic carbocycles. The summed E-state index contributed by atoms with van der Waals surface area (Å²) >= 11 is 0. The number of likely N-dealkylation sites (tertiary alicyclic amines) is 1. The predicted octanol–water partition coefficient (Wildman–Crippen LogP) is 3.51. The molecule has 3 heterocycles. The van der Waals surface area contributed by atoms with Crippen LogP contribution in [0.3, 0.4) is 0 Å². The van der Waals surface area contributed by atoms with E-state index in [2.05, 4.69) is 4.98 Å². The minimum absolute atomic E-state index is 0.0711. The zero-order valence-electron chi connectivity index (χ0n) is 15.9. The van der Waals surface area contributed by atoms with Gasteiger partial charge in [0.2, 0.25) is 0 Å². The van der Waals surface area contributed by atoms with Crippen LogP contribution < -0.4 is 0 Å². The van der Waals surface area contributed by atoms with Gasteiger partial charge in [0, 0.05) is 25.6 Å². The second-order valence-corrected chi connectivity index (χ2v) is 7.58. The molecule has 4 rings (SSSR count).